The lowest BCUT2D eigenvalue weighted by Crippen LogP contribution is -3.19. The molecule has 1 N–H and O–H groups in total. The van der Waals surface area contributed by atoms with Gasteiger partial charge < -0.3 is 4.90 Å². The molecule has 0 unspecified atom stereocenters. The monoisotopic (exact) mass is 259 g/mol. The summed E-state index contributed by atoms with van der Waals surface area (Å²) in [6.07, 6.45) is 3.18. The lowest BCUT2D eigenvalue weighted by molar-refractivity contribution is -0.918. The molecule has 0 bridgehead atoms. The van der Waals surface area contributed by atoms with Gasteiger partial charge in [-0.25, -0.2) is 0 Å². The smallest absolute Gasteiger partial charge is 0.244 e. The topological polar surface area (TPSA) is 41.8 Å². The Labute approximate surface area is 113 Å². The number of quaternary nitrogens is 1. The van der Waals surface area contributed by atoms with Crippen LogP contribution < -0.4 is 9.80 Å². The van der Waals surface area contributed by atoms with Gasteiger partial charge in [0, 0.05) is 6.92 Å². The first kappa shape index (κ1) is 12.4. The number of rotatable bonds is 1. The van der Waals surface area contributed by atoms with E-state index < -0.39 is 0 Å². The van der Waals surface area contributed by atoms with E-state index in [2.05, 4.69) is 0 Å². The van der Waals surface area contributed by atoms with Crippen molar-refractivity contribution >= 4 is 17.4 Å². The molecule has 1 fully saturated rings. The summed E-state index contributed by atoms with van der Waals surface area (Å²) >= 11 is 0. The minimum Gasteiger partial charge on any atom is -0.308 e. The molecule has 1 atom stereocenters. The number of hydrogen-bond donors (Lipinski definition) is 1. The first-order valence-corrected chi connectivity index (χ1v) is 6.98. The van der Waals surface area contributed by atoms with Gasteiger partial charge in [0.05, 0.1) is 24.3 Å². The summed E-state index contributed by atoms with van der Waals surface area (Å²) in [4.78, 5) is 27.5. The molecule has 19 heavy (non-hydrogen) atoms. The normalized spacial score (nSPS) is 23.5. The Morgan fingerprint density at radius 2 is 1.89 bits per heavy atom. The van der Waals surface area contributed by atoms with Crippen molar-refractivity contribution in [3.63, 3.8) is 0 Å². The number of ketones is 1. The summed E-state index contributed by atoms with van der Waals surface area (Å²) in [5.74, 6) is 0.0593. The number of nitrogens with zero attached hydrogens (tertiary/aromatic N) is 1. The number of fused-ring (bicyclic) bond motifs is 1. The highest BCUT2D eigenvalue weighted by Crippen LogP contribution is 2.30. The van der Waals surface area contributed by atoms with Crippen LogP contribution in [0.25, 0.3) is 0 Å². The van der Waals surface area contributed by atoms with Crippen LogP contribution in [0.5, 0.6) is 0 Å². The van der Waals surface area contributed by atoms with Crippen LogP contribution in [0.2, 0.25) is 0 Å². The summed E-state index contributed by atoms with van der Waals surface area (Å²) in [6, 6.07) is 7.45. The molecule has 0 spiro atoms. The summed E-state index contributed by atoms with van der Waals surface area (Å²) in [6.45, 7) is 3.51. The van der Waals surface area contributed by atoms with Crippen molar-refractivity contribution in [3.8, 4) is 0 Å². The highest BCUT2D eigenvalue weighted by molar-refractivity contribution is 6.16. The zero-order valence-electron chi connectivity index (χ0n) is 11.2. The summed E-state index contributed by atoms with van der Waals surface area (Å²) < 4.78 is 0. The van der Waals surface area contributed by atoms with Gasteiger partial charge in [-0.15, -0.1) is 0 Å². The second-order valence-electron chi connectivity index (χ2n) is 5.39. The highest BCUT2D eigenvalue weighted by atomic mass is 16.2. The standard InChI is InChI=1S/C15H18N2O2/c1-11(18)17-13-8-4-3-7-12(13)14(19)15(17)16-9-5-2-6-10-16/h3-4,7-8,15H,2,5-6,9-10H2,1H3/p+1/t15-/m0/s1. The maximum Gasteiger partial charge on any atom is 0.244 e. The number of carbonyl (C=O) groups excluding carboxylic acids is 2. The average molecular weight is 259 g/mol. The van der Waals surface area contributed by atoms with Crippen LogP contribution in [0.4, 0.5) is 5.69 Å². The summed E-state index contributed by atoms with van der Waals surface area (Å²) in [7, 11) is 0. The molecule has 4 heteroatoms. The number of hydrogen-bond acceptors (Lipinski definition) is 2. The lowest BCUT2D eigenvalue weighted by Gasteiger charge is -2.32. The number of anilines is 1. The fraction of sp³-hybridized carbons (Fsp3) is 0.467. The first-order valence-electron chi connectivity index (χ1n) is 6.98. The van der Waals surface area contributed by atoms with E-state index in [1.165, 1.54) is 11.3 Å². The molecule has 2 aliphatic heterocycles. The van der Waals surface area contributed by atoms with E-state index in [1.807, 2.05) is 24.3 Å². The third-order valence-corrected chi connectivity index (χ3v) is 4.16. The number of nitrogens with one attached hydrogen (secondary N) is 1. The average Bonchev–Trinajstić information content (AvgIpc) is 2.74. The van der Waals surface area contributed by atoms with Crippen molar-refractivity contribution in [2.24, 2.45) is 0 Å². The Kier molecular flexibility index (Phi) is 3.11. The molecular weight excluding hydrogens is 240 g/mol. The van der Waals surface area contributed by atoms with Gasteiger partial charge >= 0.3 is 0 Å². The van der Waals surface area contributed by atoms with Gasteiger partial charge in [-0.2, -0.15) is 0 Å². The van der Waals surface area contributed by atoms with Gasteiger partial charge in [0.25, 0.3) is 0 Å². The molecule has 1 aromatic carbocycles. The molecule has 0 saturated carbocycles. The third-order valence-electron chi connectivity index (χ3n) is 4.16. The van der Waals surface area contributed by atoms with Crippen LogP contribution >= 0.6 is 0 Å². The van der Waals surface area contributed by atoms with Gasteiger partial charge in [0.15, 0.2) is 0 Å². The molecular formula is C15H19N2O2+. The van der Waals surface area contributed by atoms with Crippen molar-refractivity contribution in [1.82, 2.24) is 0 Å². The van der Waals surface area contributed by atoms with E-state index in [0.29, 0.717) is 5.56 Å². The first-order chi connectivity index (χ1) is 9.20. The Balaban J connectivity index is 2.00. The zero-order valence-corrected chi connectivity index (χ0v) is 11.2. The molecule has 2 aliphatic rings. The zero-order chi connectivity index (χ0) is 13.4. The predicted octanol–water partition coefficient (Wildman–Crippen LogP) is 0.631. The fourth-order valence-corrected chi connectivity index (χ4v) is 3.29. The molecule has 0 aliphatic carbocycles. The van der Waals surface area contributed by atoms with E-state index >= 15 is 0 Å². The highest BCUT2D eigenvalue weighted by Gasteiger charge is 2.46. The van der Waals surface area contributed by atoms with E-state index in [1.54, 1.807) is 11.8 Å². The maximum atomic E-state index is 12.6. The SMILES string of the molecule is CC(=O)N1c2ccccc2C(=O)[C@H]1[NH+]1CCCCC1. The van der Waals surface area contributed by atoms with E-state index in [-0.39, 0.29) is 17.9 Å². The number of carbonyl (C=O) groups is 2. The molecule has 1 saturated heterocycles. The van der Waals surface area contributed by atoms with Gasteiger partial charge in [-0.1, -0.05) is 12.1 Å². The predicted molar refractivity (Wildman–Crippen MR) is 72.3 cm³/mol. The maximum absolute atomic E-state index is 12.6. The fourth-order valence-electron chi connectivity index (χ4n) is 3.29. The second kappa shape index (κ2) is 4.78. The number of amides is 1. The van der Waals surface area contributed by atoms with Crippen molar-refractivity contribution < 1.29 is 14.5 Å². The van der Waals surface area contributed by atoms with Crippen molar-refractivity contribution in [2.75, 3.05) is 18.0 Å². The minimum atomic E-state index is -0.338. The minimum absolute atomic E-state index is 0.0404. The molecule has 1 amide bonds. The largest absolute Gasteiger partial charge is 0.308 e. The summed E-state index contributed by atoms with van der Waals surface area (Å²) in [5.41, 5.74) is 1.48. The molecule has 4 nitrogen and oxygen atoms in total. The van der Waals surface area contributed by atoms with Crippen LogP contribution in [0, 0.1) is 0 Å². The quantitative estimate of drug-likeness (QED) is 0.804. The molecule has 0 radical (unpaired) electrons. The number of Topliss-reactive ketones (excluding diaryl/α,β-unsaturated/α-hetero) is 1. The number of likely N-dealkylation sites (tertiary alicyclic amines) is 1. The van der Waals surface area contributed by atoms with Crippen molar-refractivity contribution in [2.45, 2.75) is 32.4 Å². The Hall–Kier alpha value is -1.68. The number of benzene rings is 1. The van der Waals surface area contributed by atoms with Crippen molar-refractivity contribution in [1.29, 1.82) is 0 Å². The van der Waals surface area contributed by atoms with E-state index in [4.69, 9.17) is 0 Å². The second-order valence-corrected chi connectivity index (χ2v) is 5.39. The van der Waals surface area contributed by atoms with Crippen LogP contribution in [0.3, 0.4) is 0 Å². The molecule has 100 valence electrons. The Morgan fingerprint density at radius 3 is 2.58 bits per heavy atom. The van der Waals surface area contributed by atoms with E-state index in [0.717, 1.165) is 31.6 Å². The van der Waals surface area contributed by atoms with Gasteiger partial charge in [0.2, 0.25) is 17.9 Å². The van der Waals surface area contributed by atoms with Crippen molar-refractivity contribution in [3.05, 3.63) is 29.8 Å². The van der Waals surface area contributed by atoms with Gasteiger partial charge in [0.1, 0.15) is 0 Å². The number of piperidine rings is 1. The third kappa shape index (κ3) is 1.96. The van der Waals surface area contributed by atoms with E-state index in [9.17, 15) is 9.59 Å². The Morgan fingerprint density at radius 1 is 1.21 bits per heavy atom. The molecule has 0 aromatic heterocycles. The van der Waals surface area contributed by atoms with Crippen LogP contribution in [-0.4, -0.2) is 30.9 Å². The molecule has 1 aromatic rings. The lowest BCUT2D eigenvalue weighted by atomic mass is 10.1. The number of para-hydroxylation sites is 1. The van der Waals surface area contributed by atoms with Crippen LogP contribution in [0.1, 0.15) is 36.5 Å². The van der Waals surface area contributed by atoms with Gasteiger partial charge in [-0.05, 0) is 31.4 Å². The molecule has 2 heterocycles. The van der Waals surface area contributed by atoms with Crippen LogP contribution in [0.15, 0.2) is 24.3 Å². The van der Waals surface area contributed by atoms with Crippen LogP contribution in [-0.2, 0) is 4.79 Å². The molecule has 3 rings (SSSR count). The Bertz CT molecular complexity index is 521. The summed E-state index contributed by atoms with van der Waals surface area (Å²) in [5, 5.41) is 0. The van der Waals surface area contributed by atoms with Gasteiger partial charge in [-0.3, -0.25) is 14.5 Å².